The lowest BCUT2D eigenvalue weighted by Crippen LogP contribution is -1.98. The molecule has 2 rings (SSSR count). The van der Waals surface area contributed by atoms with E-state index in [1.165, 1.54) is 33.4 Å². The normalized spacial score (nSPS) is 11.0. The Morgan fingerprint density at radius 2 is 1.04 bits per heavy atom. The summed E-state index contributed by atoms with van der Waals surface area (Å²) in [5.41, 5.74) is 7.99. The highest BCUT2D eigenvalue weighted by atomic mass is 16.3. The average Bonchev–Trinajstić information content (AvgIpc) is 2.64. The zero-order valence-electron chi connectivity index (χ0n) is 15.0. The minimum absolute atomic E-state index is 0.250. The lowest BCUT2D eigenvalue weighted by atomic mass is 9.92. The molecule has 0 bridgehead atoms. The van der Waals surface area contributed by atoms with Crippen LogP contribution in [0.5, 0.6) is 0 Å². The van der Waals surface area contributed by atoms with Gasteiger partial charge < -0.3 is 10.2 Å². The second-order valence-corrected chi connectivity index (χ2v) is 6.33. The fourth-order valence-electron chi connectivity index (χ4n) is 3.30. The van der Waals surface area contributed by atoms with E-state index in [1.54, 1.807) is 0 Å². The van der Waals surface area contributed by atoms with Gasteiger partial charge in [-0.05, 0) is 71.9 Å². The molecule has 0 aliphatic heterocycles. The van der Waals surface area contributed by atoms with Crippen LogP contribution in [0.4, 0.5) is 0 Å². The fraction of sp³-hybridized carbons (Fsp3) is 0.455. The lowest BCUT2D eigenvalue weighted by Gasteiger charge is -2.13. The van der Waals surface area contributed by atoms with Crippen LogP contribution < -0.4 is 0 Å². The molecule has 130 valence electrons. The van der Waals surface area contributed by atoms with Crippen LogP contribution >= 0.6 is 0 Å². The number of benzene rings is 2. The molecule has 0 aliphatic rings. The maximum atomic E-state index is 9.05. The molecule has 2 aromatic rings. The van der Waals surface area contributed by atoms with Crippen LogP contribution in [0.25, 0.3) is 11.1 Å². The molecule has 0 saturated heterocycles. The summed E-state index contributed by atoms with van der Waals surface area (Å²) >= 11 is 0. The molecule has 0 saturated carbocycles. The molecule has 2 heteroatoms. The van der Waals surface area contributed by atoms with E-state index in [0.717, 1.165) is 38.5 Å². The van der Waals surface area contributed by atoms with Gasteiger partial charge in [-0.1, -0.05) is 50.2 Å². The minimum atomic E-state index is 0.250. The summed E-state index contributed by atoms with van der Waals surface area (Å²) < 4.78 is 0. The molecule has 2 aromatic carbocycles. The van der Waals surface area contributed by atoms with E-state index in [1.807, 2.05) is 0 Å². The van der Waals surface area contributed by atoms with Crippen molar-refractivity contribution in [3.63, 3.8) is 0 Å². The number of rotatable bonds is 9. The summed E-state index contributed by atoms with van der Waals surface area (Å²) in [4.78, 5) is 0. The van der Waals surface area contributed by atoms with Gasteiger partial charge in [0, 0.05) is 13.2 Å². The van der Waals surface area contributed by atoms with Crippen molar-refractivity contribution in [1.29, 1.82) is 0 Å². The Labute approximate surface area is 146 Å². The van der Waals surface area contributed by atoms with Crippen LogP contribution in [0.3, 0.4) is 0 Å². The topological polar surface area (TPSA) is 40.5 Å². The fourth-order valence-corrected chi connectivity index (χ4v) is 3.30. The van der Waals surface area contributed by atoms with Crippen molar-refractivity contribution >= 4 is 0 Å². The molecule has 24 heavy (non-hydrogen) atoms. The van der Waals surface area contributed by atoms with Crippen molar-refractivity contribution in [2.45, 2.75) is 52.4 Å². The molecule has 0 atom stereocenters. The first-order chi connectivity index (χ1) is 11.7. The molecule has 0 amide bonds. The maximum absolute atomic E-state index is 9.05. The Bertz CT molecular complexity index is 589. The van der Waals surface area contributed by atoms with Crippen molar-refractivity contribution in [2.75, 3.05) is 13.2 Å². The van der Waals surface area contributed by atoms with Gasteiger partial charge in [-0.25, -0.2) is 0 Å². The lowest BCUT2D eigenvalue weighted by molar-refractivity contribution is 0.288. The smallest absolute Gasteiger partial charge is 0.0434 e. The predicted molar refractivity (Wildman–Crippen MR) is 101 cm³/mol. The molecule has 0 heterocycles. The minimum Gasteiger partial charge on any atom is -0.396 e. The molecule has 0 unspecified atom stereocenters. The summed E-state index contributed by atoms with van der Waals surface area (Å²) in [6, 6.07) is 13.4. The second kappa shape index (κ2) is 9.61. The van der Waals surface area contributed by atoms with Gasteiger partial charge in [-0.3, -0.25) is 0 Å². The zero-order chi connectivity index (χ0) is 17.4. The van der Waals surface area contributed by atoms with Crippen LogP contribution in [0, 0.1) is 0 Å². The van der Waals surface area contributed by atoms with E-state index < -0.39 is 0 Å². The van der Waals surface area contributed by atoms with Gasteiger partial charge in [0.25, 0.3) is 0 Å². The van der Waals surface area contributed by atoms with Crippen LogP contribution in [-0.2, 0) is 25.7 Å². The van der Waals surface area contributed by atoms with Crippen LogP contribution in [-0.4, -0.2) is 23.4 Å². The SMILES string of the molecule is CCc1cc(-c2ccc(CCCO)c(CC)c2)ccc1CCCO. The van der Waals surface area contributed by atoms with Crippen LogP contribution in [0.15, 0.2) is 36.4 Å². The standard InChI is InChI=1S/C22H30O2/c1-3-17-15-21(11-9-19(17)7-5-13-23)22-12-10-20(8-6-14-24)18(4-2)16-22/h9-12,15-16,23-24H,3-8,13-14H2,1-2H3. The van der Waals surface area contributed by atoms with Gasteiger partial charge in [-0.15, -0.1) is 0 Å². The van der Waals surface area contributed by atoms with E-state index >= 15 is 0 Å². The summed E-state index contributed by atoms with van der Waals surface area (Å²) in [6.07, 6.45) is 5.58. The highest BCUT2D eigenvalue weighted by molar-refractivity contribution is 5.66. The molecular weight excluding hydrogens is 296 g/mol. The van der Waals surface area contributed by atoms with Crippen molar-refractivity contribution in [2.24, 2.45) is 0 Å². The molecule has 0 aromatic heterocycles. The third-order valence-corrected chi connectivity index (χ3v) is 4.72. The van der Waals surface area contributed by atoms with Crippen LogP contribution in [0.1, 0.15) is 48.9 Å². The third-order valence-electron chi connectivity index (χ3n) is 4.72. The second-order valence-electron chi connectivity index (χ2n) is 6.33. The Hall–Kier alpha value is -1.64. The summed E-state index contributed by atoms with van der Waals surface area (Å²) in [5.74, 6) is 0. The van der Waals surface area contributed by atoms with E-state index in [4.69, 9.17) is 10.2 Å². The highest BCUT2D eigenvalue weighted by Crippen LogP contribution is 2.27. The van der Waals surface area contributed by atoms with Gasteiger partial charge in [-0.2, -0.15) is 0 Å². The third kappa shape index (κ3) is 4.68. The van der Waals surface area contributed by atoms with Crippen molar-refractivity contribution < 1.29 is 10.2 Å². The molecule has 0 spiro atoms. The number of hydrogen-bond donors (Lipinski definition) is 2. The first kappa shape index (κ1) is 18.7. The summed E-state index contributed by atoms with van der Waals surface area (Å²) in [5, 5.41) is 18.1. The van der Waals surface area contributed by atoms with E-state index in [2.05, 4.69) is 50.2 Å². The van der Waals surface area contributed by atoms with Gasteiger partial charge in [0.2, 0.25) is 0 Å². The maximum Gasteiger partial charge on any atom is 0.0434 e. The molecule has 2 nitrogen and oxygen atoms in total. The van der Waals surface area contributed by atoms with Gasteiger partial charge in [0.1, 0.15) is 0 Å². The summed E-state index contributed by atoms with van der Waals surface area (Å²) in [7, 11) is 0. The van der Waals surface area contributed by atoms with Crippen molar-refractivity contribution in [3.8, 4) is 11.1 Å². The van der Waals surface area contributed by atoms with Crippen molar-refractivity contribution in [1.82, 2.24) is 0 Å². The number of hydrogen-bond acceptors (Lipinski definition) is 2. The summed E-state index contributed by atoms with van der Waals surface area (Å²) in [6.45, 7) is 4.88. The predicted octanol–water partition coefficient (Wildman–Crippen LogP) is 4.33. The Morgan fingerprint density at radius 1 is 0.625 bits per heavy atom. The largest absolute Gasteiger partial charge is 0.396 e. The Morgan fingerprint density at radius 3 is 1.38 bits per heavy atom. The molecule has 2 N–H and O–H groups in total. The number of aliphatic hydroxyl groups excluding tert-OH is 2. The van der Waals surface area contributed by atoms with Gasteiger partial charge in [0.15, 0.2) is 0 Å². The van der Waals surface area contributed by atoms with E-state index in [-0.39, 0.29) is 13.2 Å². The first-order valence-electron chi connectivity index (χ1n) is 9.19. The van der Waals surface area contributed by atoms with Crippen LogP contribution in [0.2, 0.25) is 0 Å². The first-order valence-corrected chi connectivity index (χ1v) is 9.19. The molecule has 0 aliphatic carbocycles. The van der Waals surface area contributed by atoms with E-state index in [9.17, 15) is 0 Å². The Kier molecular flexibility index (Phi) is 7.48. The van der Waals surface area contributed by atoms with E-state index in [0.29, 0.717) is 0 Å². The zero-order valence-corrected chi connectivity index (χ0v) is 15.0. The van der Waals surface area contributed by atoms with Gasteiger partial charge >= 0.3 is 0 Å². The molecular formula is C22H30O2. The Balaban J connectivity index is 2.30. The van der Waals surface area contributed by atoms with Gasteiger partial charge in [0.05, 0.1) is 0 Å². The molecule has 0 radical (unpaired) electrons. The number of aliphatic hydroxyl groups is 2. The quantitative estimate of drug-likeness (QED) is 0.720. The van der Waals surface area contributed by atoms with Crippen molar-refractivity contribution in [3.05, 3.63) is 58.7 Å². The highest BCUT2D eigenvalue weighted by Gasteiger charge is 2.07. The molecule has 0 fully saturated rings. The number of aryl methyl sites for hydroxylation is 4. The monoisotopic (exact) mass is 326 g/mol. The average molecular weight is 326 g/mol.